The lowest BCUT2D eigenvalue weighted by Gasteiger charge is -2.24. The van der Waals surface area contributed by atoms with Crippen LogP contribution in [0.3, 0.4) is 0 Å². The number of benzene rings is 1. The summed E-state index contributed by atoms with van der Waals surface area (Å²) >= 11 is 5.98. The zero-order valence-electron chi connectivity index (χ0n) is 12.7. The van der Waals surface area contributed by atoms with Gasteiger partial charge >= 0.3 is 0 Å². The predicted molar refractivity (Wildman–Crippen MR) is 90.1 cm³/mol. The van der Waals surface area contributed by atoms with E-state index in [1.54, 1.807) is 12.1 Å². The topological polar surface area (TPSA) is 41.6 Å². The minimum absolute atomic E-state index is 0. The van der Waals surface area contributed by atoms with Crippen LogP contribution in [-0.2, 0) is 4.79 Å². The molecule has 3 rings (SSSR count). The highest BCUT2D eigenvalue weighted by molar-refractivity contribution is 6.31. The van der Waals surface area contributed by atoms with Gasteiger partial charge in [-0.1, -0.05) is 11.6 Å². The minimum Gasteiger partial charge on any atom is -0.484 e. The van der Waals surface area contributed by atoms with Crippen LogP contribution in [0.5, 0.6) is 5.75 Å². The average molecular weight is 345 g/mol. The highest BCUT2D eigenvalue weighted by Crippen LogP contribution is 2.22. The van der Waals surface area contributed by atoms with Crippen molar-refractivity contribution in [1.29, 1.82) is 0 Å². The largest absolute Gasteiger partial charge is 0.484 e. The standard InChI is InChI=1S/C16H21ClN2O2.ClH/c1-11-8-14(4-5-15(11)17)21-10-16(20)19-7-6-12-2-3-13(9-19)18-12;/h4-5,8,12-13,18H,2-3,6-7,9-10H2,1H3;1H. The molecule has 1 amide bonds. The second-order valence-electron chi connectivity index (χ2n) is 5.97. The Morgan fingerprint density at radius 1 is 1.36 bits per heavy atom. The van der Waals surface area contributed by atoms with Crippen molar-refractivity contribution in [3.63, 3.8) is 0 Å². The molecule has 2 heterocycles. The lowest BCUT2D eigenvalue weighted by molar-refractivity contribution is -0.133. The molecule has 2 aliphatic heterocycles. The van der Waals surface area contributed by atoms with Gasteiger partial charge in [0.25, 0.3) is 5.91 Å². The summed E-state index contributed by atoms with van der Waals surface area (Å²) < 4.78 is 5.61. The predicted octanol–water partition coefficient (Wildman–Crippen LogP) is 2.80. The Bertz CT molecular complexity index is 539. The van der Waals surface area contributed by atoms with E-state index >= 15 is 0 Å². The Morgan fingerprint density at radius 2 is 2.14 bits per heavy atom. The third-order valence-electron chi connectivity index (χ3n) is 4.37. The van der Waals surface area contributed by atoms with Crippen molar-refractivity contribution in [3.8, 4) is 5.75 Å². The number of fused-ring (bicyclic) bond motifs is 2. The molecule has 2 atom stereocenters. The van der Waals surface area contributed by atoms with Crippen molar-refractivity contribution >= 4 is 29.9 Å². The monoisotopic (exact) mass is 344 g/mol. The first-order valence-corrected chi connectivity index (χ1v) is 7.92. The second kappa shape index (κ2) is 7.53. The second-order valence-corrected chi connectivity index (χ2v) is 6.37. The van der Waals surface area contributed by atoms with Crippen molar-refractivity contribution in [1.82, 2.24) is 10.2 Å². The molecule has 2 aliphatic rings. The Balaban J connectivity index is 0.00000176. The molecule has 0 aliphatic carbocycles. The van der Waals surface area contributed by atoms with Gasteiger partial charge in [0.15, 0.2) is 6.61 Å². The average Bonchev–Trinajstić information content (AvgIpc) is 2.79. The van der Waals surface area contributed by atoms with Gasteiger partial charge in [0.1, 0.15) is 5.75 Å². The number of rotatable bonds is 3. The molecule has 2 fully saturated rings. The molecular formula is C16H22Cl2N2O2. The van der Waals surface area contributed by atoms with E-state index in [1.807, 2.05) is 17.9 Å². The fourth-order valence-electron chi connectivity index (χ4n) is 3.11. The van der Waals surface area contributed by atoms with E-state index in [0.717, 1.165) is 25.1 Å². The summed E-state index contributed by atoms with van der Waals surface area (Å²) in [5.41, 5.74) is 0.956. The van der Waals surface area contributed by atoms with Gasteiger partial charge in [0.05, 0.1) is 0 Å². The molecule has 122 valence electrons. The zero-order valence-corrected chi connectivity index (χ0v) is 14.3. The van der Waals surface area contributed by atoms with Crippen LogP contribution in [0.4, 0.5) is 0 Å². The first-order valence-electron chi connectivity index (χ1n) is 7.54. The number of nitrogens with zero attached hydrogens (tertiary/aromatic N) is 1. The van der Waals surface area contributed by atoms with Crippen LogP contribution in [0.1, 0.15) is 24.8 Å². The lowest BCUT2D eigenvalue weighted by Crippen LogP contribution is -2.41. The van der Waals surface area contributed by atoms with Crippen LogP contribution in [0.2, 0.25) is 5.02 Å². The first-order chi connectivity index (χ1) is 10.1. The van der Waals surface area contributed by atoms with Crippen LogP contribution in [0, 0.1) is 6.92 Å². The summed E-state index contributed by atoms with van der Waals surface area (Å²) in [6.07, 6.45) is 3.46. The molecule has 1 aromatic carbocycles. The van der Waals surface area contributed by atoms with Crippen molar-refractivity contribution in [2.24, 2.45) is 0 Å². The summed E-state index contributed by atoms with van der Waals surface area (Å²) in [6, 6.07) is 6.51. The number of aryl methyl sites for hydroxylation is 1. The Morgan fingerprint density at radius 3 is 2.91 bits per heavy atom. The quantitative estimate of drug-likeness (QED) is 0.916. The van der Waals surface area contributed by atoms with E-state index in [4.69, 9.17) is 16.3 Å². The highest BCUT2D eigenvalue weighted by Gasteiger charge is 2.31. The normalized spacial score (nSPS) is 23.6. The fraction of sp³-hybridized carbons (Fsp3) is 0.562. The van der Waals surface area contributed by atoms with E-state index < -0.39 is 0 Å². The zero-order chi connectivity index (χ0) is 14.8. The van der Waals surface area contributed by atoms with E-state index in [2.05, 4.69) is 5.32 Å². The molecule has 1 N–H and O–H groups in total. The molecule has 22 heavy (non-hydrogen) atoms. The van der Waals surface area contributed by atoms with E-state index in [-0.39, 0.29) is 24.9 Å². The molecule has 2 bridgehead atoms. The van der Waals surface area contributed by atoms with Crippen LogP contribution in [-0.4, -0.2) is 42.6 Å². The molecule has 0 radical (unpaired) electrons. The number of hydrogen-bond acceptors (Lipinski definition) is 3. The van der Waals surface area contributed by atoms with Crippen LogP contribution in [0.25, 0.3) is 0 Å². The number of halogens is 2. The molecule has 2 unspecified atom stereocenters. The Labute approximate surface area is 142 Å². The van der Waals surface area contributed by atoms with Gasteiger partial charge in [-0.25, -0.2) is 0 Å². The van der Waals surface area contributed by atoms with E-state index in [0.29, 0.717) is 22.9 Å². The third kappa shape index (κ3) is 4.06. The molecule has 0 saturated carbocycles. The van der Waals surface area contributed by atoms with Gasteiger partial charge < -0.3 is 15.0 Å². The number of nitrogens with one attached hydrogen (secondary N) is 1. The highest BCUT2D eigenvalue weighted by atomic mass is 35.5. The number of carbonyl (C=O) groups excluding carboxylic acids is 1. The van der Waals surface area contributed by atoms with Crippen molar-refractivity contribution in [3.05, 3.63) is 28.8 Å². The van der Waals surface area contributed by atoms with Crippen LogP contribution < -0.4 is 10.1 Å². The van der Waals surface area contributed by atoms with Gasteiger partial charge in [-0.05, 0) is 49.9 Å². The van der Waals surface area contributed by atoms with Gasteiger partial charge in [0.2, 0.25) is 0 Å². The molecule has 1 aromatic rings. The third-order valence-corrected chi connectivity index (χ3v) is 4.79. The molecule has 6 heteroatoms. The van der Waals surface area contributed by atoms with Crippen LogP contribution >= 0.6 is 24.0 Å². The molecular weight excluding hydrogens is 323 g/mol. The first kappa shape index (κ1) is 17.4. The van der Waals surface area contributed by atoms with Gasteiger partial charge in [-0.2, -0.15) is 0 Å². The molecule has 0 aromatic heterocycles. The summed E-state index contributed by atoms with van der Waals surface area (Å²) in [5.74, 6) is 0.761. The number of amides is 1. The van der Waals surface area contributed by atoms with Gasteiger partial charge in [-0.3, -0.25) is 4.79 Å². The van der Waals surface area contributed by atoms with Crippen molar-refractivity contribution < 1.29 is 9.53 Å². The van der Waals surface area contributed by atoms with E-state index in [1.165, 1.54) is 12.8 Å². The number of carbonyl (C=O) groups is 1. The number of hydrogen-bond donors (Lipinski definition) is 1. The summed E-state index contributed by atoms with van der Waals surface area (Å²) in [5, 5.41) is 4.29. The minimum atomic E-state index is 0. The fourth-order valence-corrected chi connectivity index (χ4v) is 3.23. The van der Waals surface area contributed by atoms with Crippen LogP contribution in [0.15, 0.2) is 18.2 Å². The number of ether oxygens (including phenoxy) is 1. The maximum absolute atomic E-state index is 12.3. The Hall–Kier alpha value is -0.970. The summed E-state index contributed by atoms with van der Waals surface area (Å²) in [6.45, 7) is 3.65. The maximum atomic E-state index is 12.3. The van der Waals surface area contributed by atoms with Gasteiger partial charge in [-0.15, -0.1) is 12.4 Å². The Kier molecular flexibility index (Phi) is 5.95. The van der Waals surface area contributed by atoms with E-state index in [9.17, 15) is 4.79 Å². The van der Waals surface area contributed by atoms with Gasteiger partial charge in [0, 0.05) is 30.2 Å². The van der Waals surface area contributed by atoms with Crippen molar-refractivity contribution in [2.45, 2.75) is 38.3 Å². The maximum Gasteiger partial charge on any atom is 0.260 e. The smallest absolute Gasteiger partial charge is 0.260 e. The summed E-state index contributed by atoms with van der Waals surface area (Å²) in [4.78, 5) is 14.2. The lowest BCUT2D eigenvalue weighted by atomic mass is 10.1. The molecule has 4 nitrogen and oxygen atoms in total. The summed E-state index contributed by atoms with van der Waals surface area (Å²) in [7, 11) is 0. The van der Waals surface area contributed by atoms with Crippen molar-refractivity contribution in [2.75, 3.05) is 19.7 Å². The molecule has 0 spiro atoms. The number of likely N-dealkylation sites (tertiary alicyclic amines) is 1. The SMILES string of the molecule is Cc1cc(OCC(=O)N2CCC3CCC(C2)N3)ccc1Cl.Cl. The molecule has 2 saturated heterocycles.